The van der Waals surface area contributed by atoms with E-state index in [1.807, 2.05) is 6.07 Å². The van der Waals surface area contributed by atoms with Crippen molar-refractivity contribution in [2.75, 3.05) is 10.6 Å². The number of nitrogens with zero attached hydrogens (tertiary/aromatic N) is 1. The lowest BCUT2D eigenvalue weighted by molar-refractivity contribution is -0.114. The van der Waals surface area contributed by atoms with E-state index in [-0.39, 0.29) is 34.0 Å². The molecule has 0 heterocycles. The van der Waals surface area contributed by atoms with Gasteiger partial charge in [0.2, 0.25) is 5.91 Å². The summed E-state index contributed by atoms with van der Waals surface area (Å²) in [6, 6.07) is 16.8. The fourth-order valence-corrected chi connectivity index (χ4v) is 3.10. The molecular weight excluding hydrogens is 424 g/mol. The molecule has 0 spiro atoms. The molecule has 0 aliphatic rings. The lowest BCUT2D eigenvalue weighted by Crippen LogP contribution is -2.24. The zero-order chi connectivity index (χ0) is 24.1. The molecule has 0 unspecified atom stereocenters. The van der Waals surface area contributed by atoms with Crippen LogP contribution in [0.2, 0.25) is 0 Å². The van der Waals surface area contributed by atoms with E-state index >= 15 is 0 Å². The topological polar surface area (TPSA) is 163 Å². The number of carbonyl (C=O) groups excluding carboxylic acids is 2. The number of rotatable bonds is 6. The van der Waals surface area contributed by atoms with E-state index in [0.717, 1.165) is 6.07 Å². The molecule has 0 atom stereocenters. The molecule has 0 aromatic heterocycles. The zero-order valence-electron chi connectivity index (χ0n) is 17.3. The number of nitriles is 1. The van der Waals surface area contributed by atoms with Crippen LogP contribution in [0.15, 0.2) is 60.7 Å². The first-order valence-electron chi connectivity index (χ1n) is 9.58. The molecule has 5 N–H and O–H groups in total. The maximum absolute atomic E-state index is 12.7. The van der Waals surface area contributed by atoms with Crippen LogP contribution in [0, 0.1) is 16.7 Å². The van der Waals surface area contributed by atoms with Crippen LogP contribution in [-0.4, -0.2) is 33.7 Å². The third kappa shape index (κ3) is 5.21. The molecule has 0 bridgehead atoms. The van der Waals surface area contributed by atoms with Crippen LogP contribution in [0.25, 0.3) is 11.1 Å². The molecule has 0 aliphatic heterocycles. The summed E-state index contributed by atoms with van der Waals surface area (Å²) < 4.78 is 0. The van der Waals surface area contributed by atoms with Crippen molar-refractivity contribution >= 4 is 34.9 Å². The molecule has 0 aliphatic carbocycles. The van der Waals surface area contributed by atoms with E-state index in [0.29, 0.717) is 16.8 Å². The minimum atomic E-state index is -1.35. The van der Waals surface area contributed by atoms with E-state index in [9.17, 15) is 24.6 Å². The number of aromatic carboxylic acids is 1. The van der Waals surface area contributed by atoms with Crippen molar-refractivity contribution in [2.45, 2.75) is 6.92 Å². The maximum atomic E-state index is 12.7. The average Bonchev–Trinajstić information content (AvgIpc) is 2.78. The van der Waals surface area contributed by atoms with Gasteiger partial charge in [-0.25, -0.2) is 4.79 Å². The number of benzene rings is 3. The van der Waals surface area contributed by atoms with E-state index < -0.39 is 17.6 Å². The van der Waals surface area contributed by atoms with Gasteiger partial charge in [-0.05, 0) is 53.6 Å². The van der Waals surface area contributed by atoms with Crippen molar-refractivity contribution in [3.05, 3.63) is 77.4 Å². The average molecular weight is 442 g/mol. The Hall–Kier alpha value is -4.97. The van der Waals surface area contributed by atoms with Crippen molar-refractivity contribution in [3.63, 3.8) is 0 Å². The first-order valence-corrected chi connectivity index (χ1v) is 9.58. The Morgan fingerprint density at radius 1 is 0.939 bits per heavy atom. The fourth-order valence-electron chi connectivity index (χ4n) is 3.10. The summed E-state index contributed by atoms with van der Waals surface area (Å²) in [7, 11) is 0. The van der Waals surface area contributed by atoms with Gasteiger partial charge in [0.25, 0.3) is 5.91 Å². The number of hydrogen-bond donors (Lipinski definition) is 5. The number of phenols is 1. The van der Waals surface area contributed by atoms with Gasteiger partial charge in [0.05, 0.1) is 22.9 Å². The summed E-state index contributed by atoms with van der Waals surface area (Å²) in [6.07, 6.45) is 0. The highest BCUT2D eigenvalue weighted by Gasteiger charge is 2.20. The monoisotopic (exact) mass is 442 g/mol. The van der Waals surface area contributed by atoms with Crippen LogP contribution < -0.4 is 10.6 Å². The summed E-state index contributed by atoms with van der Waals surface area (Å²) in [6.45, 7) is 1.38. The van der Waals surface area contributed by atoms with E-state index in [4.69, 9.17) is 10.7 Å². The molecule has 3 aromatic carbocycles. The third-order valence-corrected chi connectivity index (χ3v) is 4.64. The molecule has 0 saturated heterocycles. The molecule has 2 amide bonds. The number of hydrogen-bond acceptors (Lipinski definition) is 6. The minimum absolute atomic E-state index is 0.0690. The first-order chi connectivity index (χ1) is 15.7. The van der Waals surface area contributed by atoms with Crippen LogP contribution in [0.5, 0.6) is 5.75 Å². The Morgan fingerprint density at radius 3 is 2.33 bits per heavy atom. The number of anilines is 2. The summed E-state index contributed by atoms with van der Waals surface area (Å²) in [5.41, 5.74) is 0.872. The van der Waals surface area contributed by atoms with Gasteiger partial charge in [0, 0.05) is 18.2 Å². The number of carboxylic acid groups (broad SMARTS) is 1. The first kappa shape index (κ1) is 22.7. The molecule has 3 rings (SSSR count). The van der Waals surface area contributed by atoms with Crippen molar-refractivity contribution < 1.29 is 24.6 Å². The second-order valence-corrected chi connectivity index (χ2v) is 7.00. The summed E-state index contributed by atoms with van der Waals surface area (Å²) in [5.74, 6) is -2.84. The quantitative estimate of drug-likeness (QED) is 0.366. The molecular formula is C24H18N4O5. The Kier molecular flexibility index (Phi) is 6.50. The Labute approximate surface area is 188 Å². The van der Waals surface area contributed by atoms with Crippen LogP contribution in [0.3, 0.4) is 0 Å². The largest absolute Gasteiger partial charge is 0.507 e. The molecule has 0 radical (unpaired) electrons. The molecule has 9 nitrogen and oxygen atoms in total. The second-order valence-electron chi connectivity index (χ2n) is 7.00. The van der Waals surface area contributed by atoms with Crippen molar-refractivity contribution in [3.8, 4) is 22.9 Å². The summed E-state index contributed by atoms with van der Waals surface area (Å²) in [4.78, 5) is 35.5. The van der Waals surface area contributed by atoms with Gasteiger partial charge in [0.1, 0.15) is 11.5 Å². The number of nitrogens with one attached hydrogen (secondary N) is 3. The van der Waals surface area contributed by atoms with E-state index in [1.165, 1.54) is 31.2 Å². The molecule has 164 valence electrons. The van der Waals surface area contributed by atoms with Crippen LogP contribution >= 0.6 is 0 Å². The lowest BCUT2D eigenvalue weighted by atomic mass is 9.99. The number of amides is 2. The van der Waals surface area contributed by atoms with Gasteiger partial charge < -0.3 is 20.8 Å². The minimum Gasteiger partial charge on any atom is -0.507 e. The van der Waals surface area contributed by atoms with Gasteiger partial charge >= 0.3 is 5.97 Å². The molecule has 3 aromatic rings. The van der Waals surface area contributed by atoms with Crippen molar-refractivity contribution in [2.24, 2.45) is 0 Å². The lowest BCUT2D eigenvalue weighted by Gasteiger charge is -2.12. The normalized spacial score (nSPS) is 10.1. The Morgan fingerprint density at radius 2 is 1.67 bits per heavy atom. The van der Waals surface area contributed by atoms with Gasteiger partial charge in [-0.2, -0.15) is 5.26 Å². The highest BCUT2D eigenvalue weighted by molar-refractivity contribution is 6.48. The number of aromatic hydroxyl groups is 1. The van der Waals surface area contributed by atoms with Crippen molar-refractivity contribution in [1.29, 1.82) is 10.7 Å². The van der Waals surface area contributed by atoms with Crippen LogP contribution in [0.4, 0.5) is 11.4 Å². The van der Waals surface area contributed by atoms with Crippen LogP contribution in [0.1, 0.15) is 28.4 Å². The Balaban J connectivity index is 1.91. The molecule has 0 saturated carbocycles. The predicted octanol–water partition coefficient (Wildman–Crippen LogP) is 3.59. The smallest absolute Gasteiger partial charge is 0.337 e. The van der Waals surface area contributed by atoms with Gasteiger partial charge in [0.15, 0.2) is 0 Å². The summed E-state index contributed by atoms with van der Waals surface area (Å²) >= 11 is 0. The standard InChI is InChI=1S/C24H18N4O5/c1-13(29)27-17-4-2-3-15(10-17)16-6-8-21(30)19(11-16)22(26)23(31)28-20-7-5-14(12-25)9-18(20)24(32)33/h2-11,26,30H,1H3,(H,27,29)(H,28,31)(H,32,33). The third-order valence-electron chi connectivity index (χ3n) is 4.64. The van der Waals surface area contributed by atoms with Gasteiger partial charge in [-0.3, -0.25) is 15.0 Å². The Bertz CT molecular complexity index is 1340. The number of carboxylic acids is 1. The highest BCUT2D eigenvalue weighted by atomic mass is 16.4. The highest BCUT2D eigenvalue weighted by Crippen LogP contribution is 2.28. The zero-order valence-corrected chi connectivity index (χ0v) is 17.3. The predicted molar refractivity (Wildman–Crippen MR) is 121 cm³/mol. The molecule has 33 heavy (non-hydrogen) atoms. The van der Waals surface area contributed by atoms with E-state index in [2.05, 4.69) is 10.6 Å². The van der Waals surface area contributed by atoms with Gasteiger partial charge in [-0.15, -0.1) is 0 Å². The van der Waals surface area contributed by atoms with E-state index in [1.54, 1.807) is 30.3 Å². The number of carbonyl (C=O) groups is 3. The SMILES string of the molecule is CC(=O)Nc1cccc(-c2ccc(O)c(C(=N)C(=O)Nc3ccc(C#N)cc3C(=O)O)c2)c1. The summed E-state index contributed by atoms with van der Waals surface area (Å²) in [5, 5.41) is 41.8. The van der Waals surface area contributed by atoms with Gasteiger partial charge in [-0.1, -0.05) is 18.2 Å². The van der Waals surface area contributed by atoms with Crippen molar-refractivity contribution in [1.82, 2.24) is 0 Å². The maximum Gasteiger partial charge on any atom is 0.337 e. The second kappa shape index (κ2) is 9.45. The molecule has 0 fully saturated rings. The van der Waals surface area contributed by atoms with Crippen LogP contribution in [-0.2, 0) is 9.59 Å². The fraction of sp³-hybridized carbons (Fsp3) is 0.0417. The number of phenolic OH excluding ortho intramolecular Hbond substituents is 1. The molecule has 9 heteroatoms.